The Morgan fingerprint density at radius 1 is 1.32 bits per heavy atom. The minimum atomic E-state index is -0.322. The molecule has 0 bridgehead atoms. The quantitative estimate of drug-likeness (QED) is 0.790. The summed E-state index contributed by atoms with van der Waals surface area (Å²) in [6.45, 7) is 1.93. The summed E-state index contributed by atoms with van der Waals surface area (Å²) in [5.74, 6) is -0.292. The van der Waals surface area contributed by atoms with Gasteiger partial charge in [0.2, 0.25) is 0 Å². The molecular formula is C13H14FN3OS. The van der Waals surface area contributed by atoms with Gasteiger partial charge in [0.1, 0.15) is 5.82 Å². The summed E-state index contributed by atoms with van der Waals surface area (Å²) in [5.41, 5.74) is 0.774. The standard InChI is InChI=1S/C13H14FN3OS/c1-9-8-17(11-6-4-10(14)5-7-11)13(19-9)15-12(18)16(2)3/h4-8H,1-3H3/b15-13-. The number of carbonyl (C=O) groups is 1. The lowest BCUT2D eigenvalue weighted by atomic mass is 10.3. The zero-order valence-corrected chi connectivity index (χ0v) is 11.7. The zero-order valence-electron chi connectivity index (χ0n) is 10.9. The summed E-state index contributed by atoms with van der Waals surface area (Å²) in [7, 11) is 3.29. The van der Waals surface area contributed by atoms with Gasteiger partial charge in [0.15, 0.2) is 4.80 Å². The fourth-order valence-electron chi connectivity index (χ4n) is 1.50. The van der Waals surface area contributed by atoms with Crippen molar-refractivity contribution in [2.75, 3.05) is 14.1 Å². The summed E-state index contributed by atoms with van der Waals surface area (Å²) < 4.78 is 14.7. The number of hydrogen-bond donors (Lipinski definition) is 0. The average molecular weight is 279 g/mol. The third kappa shape index (κ3) is 3.08. The number of aryl methyl sites for hydroxylation is 1. The molecule has 0 spiro atoms. The number of rotatable bonds is 1. The van der Waals surface area contributed by atoms with E-state index >= 15 is 0 Å². The van der Waals surface area contributed by atoms with Crippen LogP contribution in [0, 0.1) is 12.7 Å². The Bertz CT molecular complexity index is 655. The molecule has 0 aliphatic carbocycles. The van der Waals surface area contributed by atoms with Gasteiger partial charge in [-0.15, -0.1) is 11.3 Å². The molecule has 1 aromatic heterocycles. The topological polar surface area (TPSA) is 37.6 Å². The first-order chi connectivity index (χ1) is 8.97. The molecule has 100 valence electrons. The molecule has 2 rings (SSSR count). The van der Waals surface area contributed by atoms with Crippen LogP contribution >= 0.6 is 11.3 Å². The van der Waals surface area contributed by atoms with Crippen LogP contribution in [-0.4, -0.2) is 29.6 Å². The fourth-order valence-corrected chi connectivity index (χ4v) is 2.33. The number of nitrogens with zero attached hydrogens (tertiary/aromatic N) is 3. The van der Waals surface area contributed by atoms with E-state index in [1.165, 1.54) is 28.4 Å². The molecule has 2 amide bonds. The van der Waals surface area contributed by atoms with E-state index in [4.69, 9.17) is 0 Å². The predicted octanol–water partition coefficient (Wildman–Crippen LogP) is 2.57. The summed E-state index contributed by atoms with van der Waals surface area (Å²) in [6, 6.07) is 5.75. The molecule has 0 aliphatic heterocycles. The smallest absolute Gasteiger partial charge is 0.329 e. The second-order valence-electron chi connectivity index (χ2n) is 4.26. The van der Waals surface area contributed by atoms with E-state index in [0.29, 0.717) is 4.80 Å². The van der Waals surface area contributed by atoms with E-state index in [2.05, 4.69) is 4.99 Å². The van der Waals surface area contributed by atoms with Gasteiger partial charge >= 0.3 is 6.03 Å². The van der Waals surface area contributed by atoms with Gasteiger partial charge in [-0.3, -0.25) is 4.57 Å². The Morgan fingerprint density at radius 3 is 2.53 bits per heavy atom. The second kappa shape index (κ2) is 5.36. The van der Waals surface area contributed by atoms with Crippen molar-refractivity contribution < 1.29 is 9.18 Å². The molecular weight excluding hydrogens is 265 g/mol. The highest BCUT2D eigenvalue weighted by atomic mass is 32.1. The van der Waals surface area contributed by atoms with E-state index in [1.807, 2.05) is 13.1 Å². The van der Waals surface area contributed by atoms with Crippen LogP contribution in [0.3, 0.4) is 0 Å². The lowest BCUT2D eigenvalue weighted by molar-refractivity contribution is 0.226. The molecule has 0 radical (unpaired) electrons. The molecule has 0 N–H and O–H groups in total. The van der Waals surface area contributed by atoms with Gasteiger partial charge in [-0.25, -0.2) is 9.18 Å². The van der Waals surface area contributed by atoms with E-state index < -0.39 is 0 Å². The van der Waals surface area contributed by atoms with Crippen molar-refractivity contribution >= 4 is 17.4 Å². The van der Waals surface area contributed by atoms with Crippen LogP contribution in [-0.2, 0) is 0 Å². The predicted molar refractivity (Wildman–Crippen MR) is 73.0 cm³/mol. The minimum absolute atomic E-state index is 0.292. The normalized spacial score (nSPS) is 11.7. The summed E-state index contributed by atoms with van der Waals surface area (Å²) in [5, 5.41) is 0. The van der Waals surface area contributed by atoms with Gasteiger partial charge in [-0.2, -0.15) is 4.99 Å². The van der Waals surface area contributed by atoms with E-state index in [1.54, 1.807) is 30.8 Å². The molecule has 0 atom stereocenters. The van der Waals surface area contributed by atoms with Crippen LogP contribution in [0.25, 0.3) is 5.69 Å². The Hall–Kier alpha value is -1.95. The van der Waals surface area contributed by atoms with Crippen LogP contribution in [0.15, 0.2) is 35.5 Å². The van der Waals surface area contributed by atoms with E-state index in [0.717, 1.165) is 10.6 Å². The molecule has 6 heteroatoms. The zero-order chi connectivity index (χ0) is 14.0. The largest absolute Gasteiger partial charge is 0.345 e. The number of thiazole rings is 1. The number of benzene rings is 1. The van der Waals surface area contributed by atoms with Crippen molar-refractivity contribution in [3.63, 3.8) is 0 Å². The molecule has 0 fully saturated rings. The maximum atomic E-state index is 12.9. The highest BCUT2D eigenvalue weighted by Crippen LogP contribution is 2.11. The second-order valence-corrected chi connectivity index (χ2v) is 5.47. The molecule has 0 unspecified atom stereocenters. The molecule has 0 aliphatic rings. The van der Waals surface area contributed by atoms with Crippen LogP contribution in [0.1, 0.15) is 4.88 Å². The van der Waals surface area contributed by atoms with Gasteiger partial charge in [0.05, 0.1) is 0 Å². The minimum Gasteiger partial charge on any atom is -0.329 e. The first-order valence-corrected chi connectivity index (χ1v) is 6.50. The third-order valence-electron chi connectivity index (χ3n) is 2.45. The number of aromatic nitrogens is 1. The number of urea groups is 1. The summed E-state index contributed by atoms with van der Waals surface area (Å²) in [4.78, 5) is 18.7. The Morgan fingerprint density at radius 2 is 1.95 bits per heavy atom. The van der Waals surface area contributed by atoms with Crippen molar-refractivity contribution in [3.8, 4) is 5.69 Å². The van der Waals surface area contributed by atoms with Gasteiger partial charge in [0.25, 0.3) is 0 Å². The van der Waals surface area contributed by atoms with Gasteiger partial charge in [-0.05, 0) is 31.2 Å². The highest BCUT2D eigenvalue weighted by Gasteiger charge is 2.06. The number of hydrogen-bond acceptors (Lipinski definition) is 2. The monoisotopic (exact) mass is 279 g/mol. The van der Waals surface area contributed by atoms with Crippen LogP contribution in [0.5, 0.6) is 0 Å². The number of halogens is 1. The first kappa shape index (κ1) is 13.5. The molecule has 1 aromatic carbocycles. The summed E-state index contributed by atoms with van der Waals surface area (Å²) >= 11 is 1.41. The van der Waals surface area contributed by atoms with Gasteiger partial charge in [0, 0.05) is 30.9 Å². The van der Waals surface area contributed by atoms with Gasteiger partial charge < -0.3 is 4.90 Å². The van der Waals surface area contributed by atoms with Crippen molar-refractivity contribution in [1.29, 1.82) is 0 Å². The molecule has 0 saturated heterocycles. The van der Waals surface area contributed by atoms with Crippen LogP contribution < -0.4 is 4.80 Å². The maximum absolute atomic E-state index is 12.9. The Kier molecular flexibility index (Phi) is 3.80. The molecule has 2 aromatic rings. The Labute approximate surface area is 114 Å². The van der Waals surface area contributed by atoms with Crippen LogP contribution in [0.2, 0.25) is 0 Å². The maximum Gasteiger partial charge on any atom is 0.345 e. The molecule has 19 heavy (non-hydrogen) atoms. The van der Waals surface area contributed by atoms with Crippen molar-refractivity contribution in [1.82, 2.24) is 9.47 Å². The van der Waals surface area contributed by atoms with Crippen LogP contribution in [0.4, 0.5) is 9.18 Å². The SMILES string of the molecule is Cc1cn(-c2ccc(F)cc2)/c(=N/C(=O)N(C)C)s1. The molecule has 1 heterocycles. The van der Waals surface area contributed by atoms with Crippen molar-refractivity contribution in [2.45, 2.75) is 6.92 Å². The third-order valence-corrected chi connectivity index (χ3v) is 3.35. The highest BCUT2D eigenvalue weighted by molar-refractivity contribution is 7.09. The van der Waals surface area contributed by atoms with Crippen molar-refractivity contribution in [3.05, 3.63) is 46.0 Å². The lowest BCUT2D eigenvalue weighted by Gasteiger charge is -2.05. The molecule has 0 saturated carbocycles. The summed E-state index contributed by atoms with van der Waals surface area (Å²) in [6.07, 6.45) is 1.87. The van der Waals surface area contributed by atoms with E-state index in [-0.39, 0.29) is 11.8 Å². The first-order valence-electron chi connectivity index (χ1n) is 5.68. The average Bonchev–Trinajstić information content (AvgIpc) is 2.71. The van der Waals surface area contributed by atoms with Gasteiger partial charge in [-0.1, -0.05) is 0 Å². The number of carbonyl (C=O) groups excluding carboxylic acids is 1. The number of amides is 2. The van der Waals surface area contributed by atoms with Crippen molar-refractivity contribution in [2.24, 2.45) is 4.99 Å². The Balaban J connectivity index is 2.53. The molecule has 4 nitrogen and oxygen atoms in total. The van der Waals surface area contributed by atoms with E-state index in [9.17, 15) is 9.18 Å². The fraction of sp³-hybridized carbons (Fsp3) is 0.231. The lowest BCUT2D eigenvalue weighted by Crippen LogP contribution is -2.22.